The average molecular weight is 183 g/mol. The Morgan fingerprint density at radius 1 is 1.55 bits per heavy atom. The van der Waals surface area contributed by atoms with Crippen molar-refractivity contribution in [2.75, 3.05) is 7.05 Å². The fourth-order valence-electron chi connectivity index (χ4n) is 0.102. The molecular weight excluding hydrogens is 173 g/mol. The zero-order valence-electron chi connectivity index (χ0n) is 5.89. The standard InChI is InChI=1S/C4H7NO.H3O4P/c1-3-4(6)5-2;1-5(2,3)4/h3H,1H2,2H3,(H,5,6);(H3,1,2,3,4). The molecule has 0 rings (SSSR count). The van der Waals surface area contributed by atoms with Crippen LogP contribution in [0.1, 0.15) is 0 Å². The van der Waals surface area contributed by atoms with Gasteiger partial charge in [0.05, 0.1) is 0 Å². The number of carbonyl (C=O) groups is 1. The van der Waals surface area contributed by atoms with Gasteiger partial charge in [0.15, 0.2) is 0 Å². The lowest BCUT2D eigenvalue weighted by Gasteiger charge is -1.82. The summed E-state index contributed by atoms with van der Waals surface area (Å²) in [5.41, 5.74) is 0. The van der Waals surface area contributed by atoms with Crippen LogP contribution in [-0.4, -0.2) is 27.6 Å². The van der Waals surface area contributed by atoms with Crippen molar-refractivity contribution < 1.29 is 24.0 Å². The minimum absolute atomic E-state index is 0.144. The van der Waals surface area contributed by atoms with E-state index >= 15 is 0 Å². The molecule has 0 saturated heterocycles. The SMILES string of the molecule is C=CC(=O)NC.O=P(O)(O)O. The second-order valence-corrected chi connectivity index (χ2v) is 2.36. The quantitative estimate of drug-likeness (QED) is 0.308. The number of nitrogens with one attached hydrogen (secondary N) is 1. The van der Waals surface area contributed by atoms with Gasteiger partial charge in [0, 0.05) is 7.05 Å². The third-order valence-electron chi connectivity index (χ3n) is 0.432. The Morgan fingerprint density at radius 3 is 1.82 bits per heavy atom. The zero-order chi connectivity index (χ0) is 9.49. The van der Waals surface area contributed by atoms with Crippen LogP contribution in [0, 0.1) is 0 Å². The summed E-state index contributed by atoms with van der Waals surface area (Å²) < 4.78 is 8.88. The number of rotatable bonds is 1. The van der Waals surface area contributed by atoms with E-state index in [1.54, 1.807) is 7.05 Å². The molecule has 0 saturated carbocycles. The molecule has 0 aromatic carbocycles. The van der Waals surface area contributed by atoms with E-state index in [1.165, 1.54) is 6.08 Å². The van der Waals surface area contributed by atoms with E-state index in [0.29, 0.717) is 0 Å². The van der Waals surface area contributed by atoms with Crippen LogP contribution in [0.3, 0.4) is 0 Å². The van der Waals surface area contributed by atoms with E-state index in [0.717, 1.165) is 0 Å². The number of hydrogen-bond acceptors (Lipinski definition) is 2. The first-order valence-electron chi connectivity index (χ1n) is 2.43. The van der Waals surface area contributed by atoms with Crippen LogP contribution < -0.4 is 5.32 Å². The van der Waals surface area contributed by atoms with Gasteiger partial charge in [0.25, 0.3) is 0 Å². The molecule has 7 heteroatoms. The van der Waals surface area contributed by atoms with Crippen LogP contribution in [0.25, 0.3) is 0 Å². The third-order valence-corrected chi connectivity index (χ3v) is 0.432. The molecule has 11 heavy (non-hydrogen) atoms. The highest BCUT2D eigenvalue weighted by atomic mass is 31.2. The number of hydrogen-bond donors (Lipinski definition) is 4. The van der Waals surface area contributed by atoms with Crippen molar-refractivity contribution >= 4 is 13.7 Å². The minimum atomic E-state index is -4.64. The number of amides is 1. The molecule has 0 fully saturated rings. The summed E-state index contributed by atoms with van der Waals surface area (Å²) in [6, 6.07) is 0. The summed E-state index contributed by atoms with van der Waals surface area (Å²) in [6.07, 6.45) is 1.22. The molecule has 1 amide bonds. The fourth-order valence-corrected chi connectivity index (χ4v) is 0.102. The molecule has 0 unspecified atom stereocenters. The van der Waals surface area contributed by atoms with Crippen LogP contribution in [-0.2, 0) is 9.36 Å². The maximum Gasteiger partial charge on any atom is 0.466 e. The second kappa shape index (κ2) is 6.06. The Morgan fingerprint density at radius 2 is 1.82 bits per heavy atom. The summed E-state index contributed by atoms with van der Waals surface area (Å²) in [5, 5.41) is 2.36. The van der Waals surface area contributed by atoms with Gasteiger partial charge in [-0.3, -0.25) is 4.79 Å². The predicted octanol–water partition coefficient (Wildman–Crippen LogP) is -1.01. The Labute approximate surface area is 63.8 Å². The Balaban J connectivity index is 0. The van der Waals surface area contributed by atoms with Crippen LogP contribution in [0.2, 0.25) is 0 Å². The van der Waals surface area contributed by atoms with E-state index in [2.05, 4.69) is 11.9 Å². The van der Waals surface area contributed by atoms with Crippen molar-refractivity contribution in [2.45, 2.75) is 0 Å². The van der Waals surface area contributed by atoms with Gasteiger partial charge in [0.2, 0.25) is 5.91 Å². The Bertz CT molecular complexity index is 165. The maximum absolute atomic E-state index is 9.95. The zero-order valence-corrected chi connectivity index (χ0v) is 6.78. The second-order valence-electron chi connectivity index (χ2n) is 1.33. The van der Waals surface area contributed by atoms with Crippen LogP contribution >= 0.6 is 7.82 Å². The maximum atomic E-state index is 9.95. The first-order valence-corrected chi connectivity index (χ1v) is 4.00. The van der Waals surface area contributed by atoms with E-state index in [1.807, 2.05) is 0 Å². The molecule has 0 aliphatic carbocycles. The van der Waals surface area contributed by atoms with Gasteiger partial charge in [-0.1, -0.05) is 6.58 Å². The molecule has 0 aromatic rings. The van der Waals surface area contributed by atoms with Crippen molar-refractivity contribution in [3.8, 4) is 0 Å². The van der Waals surface area contributed by atoms with Crippen LogP contribution in [0.5, 0.6) is 0 Å². The molecule has 0 aromatic heterocycles. The summed E-state index contributed by atoms with van der Waals surface area (Å²) in [6.45, 7) is 3.22. The largest absolute Gasteiger partial charge is 0.466 e. The minimum Gasteiger partial charge on any atom is -0.356 e. The van der Waals surface area contributed by atoms with Gasteiger partial charge in [-0.2, -0.15) is 0 Å². The highest BCUT2D eigenvalue weighted by molar-refractivity contribution is 7.45. The van der Waals surface area contributed by atoms with E-state index < -0.39 is 7.82 Å². The van der Waals surface area contributed by atoms with Gasteiger partial charge in [-0.15, -0.1) is 0 Å². The normalized spacial score (nSPS) is 9.09. The Hall–Kier alpha value is -0.680. The van der Waals surface area contributed by atoms with E-state index in [9.17, 15) is 4.79 Å². The highest BCUT2D eigenvalue weighted by Crippen LogP contribution is 2.25. The van der Waals surface area contributed by atoms with Crippen molar-refractivity contribution in [3.63, 3.8) is 0 Å². The van der Waals surface area contributed by atoms with Gasteiger partial charge in [0.1, 0.15) is 0 Å². The lowest BCUT2D eigenvalue weighted by Crippen LogP contribution is -2.13. The van der Waals surface area contributed by atoms with E-state index in [-0.39, 0.29) is 5.91 Å². The molecule has 0 atom stereocenters. The molecular formula is C4H10NO5P. The summed E-state index contributed by atoms with van der Waals surface area (Å²) in [5.74, 6) is -0.144. The molecule has 0 spiro atoms. The summed E-state index contributed by atoms with van der Waals surface area (Å²) in [7, 11) is -3.08. The van der Waals surface area contributed by atoms with Gasteiger partial charge in [-0.25, -0.2) is 4.57 Å². The highest BCUT2D eigenvalue weighted by Gasteiger charge is 2.00. The first-order chi connectivity index (χ1) is 4.81. The van der Waals surface area contributed by atoms with Crippen LogP contribution in [0.4, 0.5) is 0 Å². The van der Waals surface area contributed by atoms with Gasteiger partial charge in [-0.05, 0) is 6.08 Å². The molecule has 0 heterocycles. The Kier molecular flexibility index (Phi) is 7.13. The summed E-state index contributed by atoms with van der Waals surface area (Å²) in [4.78, 5) is 31.5. The van der Waals surface area contributed by atoms with E-state index in [4.69, 9.17) is 19.2 Å². The monoisotopic (exact) mass is 183 g/mol. The summed E-state index contributed by atoms with van der Waals surface area (Å²) >= 11 is 0. The van der Waals surface area contributed by atoms with Gasteiger partial charge >= 0.3 is 7.82 Å². The average Bonchev–Trinajstić information content (AvgIpc) is 1.83. The lowest BCUT2D eigenvalue weighted by molar-refractivity contribution is -0.116. The molecule has 0 aliphatic heterocycles. The first kappa shape index (κ1) is 12.9. The topological polar surface area (TPSA) is 107 Å². The smallest absolute Gasteiger partial charge is 0.356 e. The van der Waals surface area contributed by atoms with Crippen molar-refractivity contribution in [1.29, 1.82) is 0 Å². The number of carbonyl (C=O) groups excluding carboxylic acids is 1. The number of phosphoric acid groups is 1. The molecule has 0 bridgehead atoms. The molecule has 0 aliphatic rings. The lowest BCUT2D eigenvalue weighted by atomic mass is 10.6. The predicted molar refractivity (Wildman–Crippen MR) is 38.5 cm³/mol. The van der Waals surface area contributed by atoms with Gasteiger partial charge < -0.3 is 20.0 Å². The third kappa shape index (κ3) is 45.3. The van der Waals surface area contributed by atoms with Crippen LogP contribution in [0.15, 0.2) is 12.7 Å². The van der Waals surface area contributed by atoms with Crippen molar-refractivity contribution in [2.24, 2.45) is 0 Å². The fraction of sp³-hybridized carbons (Fsp3) is 0.250. The molecule has 66 valence electrons. The number of likely N-dealkylation sites (N-methyl/N-ethyl adjacent to an activating group) is 1. The molecule has 0 radical (unpaired) electrons. The van der Waals surface area contributed by atoms with Crippen molar-refractivity contribution in [1.82, 2.24) is 5.32 Å². The van der Waals surface area contributed by atoms with Crippen molar-refractivity contribution in [3.05, 3.63) is 12.7 Å². The molecule has 4 N–H and O–H groups in total. The molecule has 6 nitrogen and oxygen atoms in total.